The lowest BCUT2D eigenvalue weighted by Gasteiger charge is -2.24. The van der Waals surface area contributed by atoms with Crippen molar-refractivity contribution in [1.29, 1.82) is 5.26 Å². The molecule has 2 rings (SSSR count). The van der Waals surface area contributed by atoms with Crippen LogP contribution in [0, 0.1) is 11.3 Å². The Hall–Kier alpha value is -1.37. The number of hydrogen-bond donors (Lipinski definition) is 1. The maximum absolute atomic E-state index is 8.73. The van der Waals surface area contributed by atoms with Gasteiger partial charge in [-0.25, -0.2) is 0 Å². The lowest BCUT2D eigenvalue weighted by atomic mass is 10.1. The van der Waals surface area contributed by atoms with Gasteiger partial charge < -0.3 is 5.32 Å². The average molecular weight is 243 g/mol. The maximum Gasteiger partial charge on any atom is 0.0991 e. The molecule has 96 valence electrons. The normalized spacial score (nSPS) is 16.6. The van der Waals surface area contributed by atoms with Gasteiger partial charge in [-0.1, -0.05) is 12.1 Å². The summed E-state index contributed by atoms with van der Waals surface area (Å²) in [4.78, 5) is 2.46. The first kappa shape index (κ1) is 13.1. The summed E-state index contributed by atoms with van der Waals surface area (Å²) in [6.45, 7) is 4.14. The zero-order valence-corrected chi connectivity index (χ0v) is 11.2. The van der Waals surface area contributed by atoms with Crippen molar-refractivity contribution < 1.29 is 0 Å². The number of likely N-dealkylation sites (N-methyl/N-ethyl adjacent to an activating group) is 1. The fourth-order valence-electron chi connectivity index (χ4n) is 2.11. The van der Waals surface area contributed by atoms with Crippen LogP contribution in [0.25, 0.3) is 0 Å². The maximum atomic E-state index is 8.73. The molecule has 1 fully saturated rings. The molecule has 3 nitrogen and oxygen atoms in total. The lowest BCUT2D eigenvalue weighted by molar-refractivity contribution is 0.241. The Morgan fingerprint density at radius 3 is 2.61 bits per heavy atom. The van der Waals surface area contributed by atoms with E-state index in [1.807, 2.05) is 24.3 Å². The zero-order chi connectivity index (χ0) is 13.0. The molecular weight excluding hydrogens is 222 g/mol. The van der Waals surface area contributed by atoms with Gasteiger partial charge in [-0.15, -0.1) is 0 Å². The van der Waals surface area contributed by atoms with Crippen molar-refractivity contribution in [3.63, 3.8) is 0 Å². The van der Waals surface area contributed by atoms with Crippen molar-refractivity contribution in [2.45, 2.75) is 38.4 Å². The second-order valence-corrected chi connectivity index (χ2v) is 5.19. The third-order valence-electron chi connectivity index (χ3n) is 3.67. The number of nitrogens with one attached hydrogen (secondary N) is 1. The molecule has 0 spiro atoms. The van der Waals surface area contributed by atoms with E-state index in [0.29, 0.717) is 6.04 Å². The van der Waals surface area contributed by atoms with Gasteiger partial charge in [0.1, 0.15) is 0 Å². The van der Waals surface area contributed by atoms with Crippen LogP contribution in [0.15, 0.2) is 24.3 Å². The highest BCUT2D eigenvalue weighted by Gasteiger charge is 2.28. The van der Waals surface area contributed by atoms with Crippen molar-refractivity contribution >= 4 is 0 Å². The highest BCUT2D eigenvalue weighted by Crippen LogP contribution is 2.26. The van der Waals surface area contributed by atoms with Crippen LogP contribution in [0.5, 0.6) is 0 Å². The van der Waals surface area contributed by atoms with Gasteiger partial charge in [0, 0.05) is 25.2 Å². The molecule has 0 aromatic heterocycles. The molecule has 0 aliphatic heterocycles. The Morgan fingerprint density at radius 1 is 1.39 bits per heavy atom. The van der Waals surface area contributed by atoms with E-state index in [2.05, 4.69) is 30.3 Å². The molecule has 1 aromatic carbocycles. The number of benzene rings is 1. The summed E-state index contributed by atoms with van der Waals surface area (Å²) in [6, 6.07) is 11.3. The molecule has 3 heteroatoms. The summed E-state index contributed by atoms with van der Waals surface area (Å²) in [6.07, 6.45) is 2.72. The Bertz CT molecular complexity index is 414. The molecule has 18 heavy (non-hydrogen) atoms. The van der Waals surface area contributed by atoms with Gasteiger partial charge in [-0.05, 0) is 44.5 Å². The Balaban J connectivity index is 1.72. The van der Waals surface area contributed by atoms with E-state index in [4.69, 9.17) is 5.26 Å². The third kappa shape index (κ3) is 3.56. The highest BCUT2D eigenvalue weighted by atomic mass is 15.2. The van der Waals surface area contributed by atoms with Crippen LogP contribution in [-0.4, -0.2) is 30.6 Å². The molecule has 1 atom stereocenters. The monoisotopic (exact) mass is 243 g/mol. The molecule has 1 aromatic rings. The number of hydrogen-bond acceptors (Lipinski definition) is 3. The van der Waals surface area contributed by atoms with E-state index in [-0.39, 0.29) is 0 Å². The second-order valence-electron chi connectivity index (χ2n) is 5.19. The summed E-state index contributed by atoms with van der Waals surface area (Å²) >= 11 is 0. The van der Waals surface area contributed by atoms with E-state index in [1.165, 1.54) is 18.4 Å². The van der Waals surface area contributed by atoms with Crippen molar-refractivity contribution in [1.82, 2.24) is 10.2 Å². The molecule has 1 N–H and O–H groups in total. The first-order valence-corrected chi connectivity index (χ1v) is 6.62. The van der Waals surface area contributed by atoms with E-state index < -0.39 is 0 Å². The third-order valence-corrected chi connectivity index (χ3v) is 3.67. The molecule has 1 unspecified atom stereocenters. The van der Waals surface area contributed by atoms with Crippen LogP contribution in [0.1, 0.15) is 30.9 Å². The Kier molecular flexibility index (Phi) is 4.35. The summed E-state index contributed by atoms with van der Waals surface area (Å²) in [7, 11) is 2.21. The van der Waals surface area contributed by atoms with Gasteiger partial charge in [-0.3, -0.25) is 4.90 Å². The molecule has 1 aliphatic carbocycles. The number of nitriles is 1. The van der Waals surface area contributed by atoms with Crippen molar-refractivity contribution in [3.8, 4) is 6.07 Å². The summed E-state index contributed by atoms with van der Waals surface area (Å²) in [5, 5.41) is 12.2. The average Bonchev–Trinajstić information content (AvgIpc) is 3.23. The summed E-state index contributed by atoms with van der Waals surface area (Å²) in [5.41, 5.74) is 1.95. The van der Waals surface area contributed by atoms with E-state index in [0.717, 1.165) is 24.7 Å². The van der Waals surface area contributed by atoms with Crippen molar-refractivity contribution in [3.05, 3.63) is 35.4 Å². The predicted octanol–water partition coefficient (Wildman–Crippen LogP) is 2.13. The van der Waals surface area contributed by atoms with Gasteiger partial charge in [0.2, 0.25) is 0 Å². The topological polar surface area (TPSA) is 39.1 Å². The number of rotatable bonds is 6. The Labute approximate surface area is 109 Å². The highest BCUT2D eigenvalue weighted by molar-refractivity contribution is 5.31. The standard InChI is InChI=1S/C15H21N3/c1-12(18(2)15-7-8-15)10-17-11-14-5-3-13(9-16)4-6-14/h3-6,12,15,17H,7-8,10-11H2,1-2H3. The van der Waals surface area contributed by atoms with Gasteiger partial charge >= 0.3 is 0 Å². The molecule has 0 bridgehead atoms. The fourth-order valence-corrected chi connectivity index (χ4v) is 2.11. The van der Waals surface area contributed by atoms with Crippen molar-refractivity contribution in [2.24, 2.45) is 0 Å². The molecule has 0 saturated heterocycles. The van der Waals surface area contributed by atoms with Crippen LogP contribution in [0.2, 0.25) is 0 Å². The molecule has 0 heterocycles. The fraction of sp³-hybridized carbons (Fsp3) is 0.533. The molecule has 1 saturated carbocycles. The first-order valence-electron chi connectivity index (χ1n) is 6.62. The minimum Gasteiger partial charge on any atom is -0.311 e. The van der Waals surface area contributed by atoms with Gasteiger partial charge in [-0.2, -0.15) is 5.26 Å². The van der Waals surface area contributed by atoms with E-state index in [1.54, 1.807) is 0 Å². The smallest absolute Gasteiger partial charge is 0.0991 e. The Morgan fingerprint density at radius 2 is 2.06 bits per heavy atom. The second kappa shape index (κ2) is 5.99. The van der Waals surface area contributed by atoms with Gasteiger partial charge in [0.15, 0.2) is 0 Å². The molecule has 1 aliphatic rings. The minimum absolute atomic E-state index is 0.580. The van der Waals surface area contributed by atoms with Crippen LogP contribution < -0.4 is 5.32 Å². The summed E-state index contributed by atoms with van der Waals surface area (Å²) < 4.78 is 0. The van der Waals surface area contributed by atoms with Gasteiger partial charge in [0.25, 0.3) is 0 Å². The molecular formula is C15H21N3. The largest absolute Gasteiger partial charge is 0.311 e. The van der Waals surface area contributed by atoms with Crippen LogP contribution in [0.4, 0.5) is 0 Å². The first-order chi connectivity index (χ1) is 8.70. The summed E-state index contributed by atoms with van der Waals surface area (Å²) in [5.74, 6) is 0. The van der Waals surface area contributed by atoms with Crippen LogP contribution >= 0.6 is 0 Å². The quantitative estimate of drug-likeness (QED) is 0.832. The van der Waals surface area contributed by atoms with Crippen LogP contribution in [-0.2, 0) is 6.54 Å². The zero-order valence-electron chi connectivity index (χ0n) is 11.2. The van der Waals surface area contributed by atoms with Crippen LogP contribution in [0.3, 0.4) is 0 Å². The molecule has 0 radical (unpaired) electrons. The number of nitrogens with zero attached hydrogens (tertiary/aromatic N) is 2. The van der Waals surface area contributed by atoms with Crippen molar-refractivity contribution in [2.75, 3.05) is 13.6 Å². The van der Waals surface area contributed by atoms with E-state index in [9.17, 15) is 0 Å². The van der Waals surface area contributed by atoms with E-state index >= 15 is 0 Å². The predicted molar refractivity (Wildman–Crippen MR) is 73.1 cm³/mol. The SMILES string of the molecule is CC(CNCc1ccc(C#N)cc1)N(C)C1CC1. The minimum atomic E-state index is 0.580. The lowest BCUT2D eigenvalue weighted by Crippen LogP contribution is -2.38. The molecule has 0 amide bonds. The van der Waals surface area contributed by atoms with Gasteiger partial charge in [0.05, 0.1) is 11.6 Å².